The number of hydrogen-bond acceptors (Lipinski definition) is 4. The molecule has 4 N–H and O–H groups in total. The third-order valence-electron chi connectivity index (χ3n) is 2.40. The van der Waals surface area contributed by atoms with Crippen molar-refractivity contribution in [3.05, 3.63) is 20.7 Å². The van der Waals surface area contributed by atoms with E-state index in [-0.39, 0.29) is 10.8 Å². The molecule has 0 aromatic carbocycles. The predicted octanol–water partition coefficient (Wildman–Crippen LogP) is 0.962. The van der Waals surface area contributed by atoms with Crippen LogP contribution in [0.2, 0.25) is 0 Å². The Balaban J connectivity index is 2.07. The van der Waals surface area contributed by atoms with Crippen LogP contribution in [0.5, 0.6) is 0 Å². The fourth-order valence-electron chi connectivity index (χ4n) is 1.47. The number of carbonyl (C=O) groups is 1. The van der Waals surface area contributed by atoms with Gasteiger partial charge in [0, 0.05) is 17.5 Å². The maximum atomic E-state index is 11.4. The van der Waals surface area contributed by atoms with Crippen molar-refractivity contribution >= 4 is 17.2 Å². The number of nitrogens with two attached hydrogens (primary N) is 1. The molecule has 0 aliphatic rings. The fourth-order valence-corrected chi connectivity index (χ4v) is 2.05. The van der Waals surface area contributed by atoms with E-state index in [1.165, 1.54) is 0 Å². The number of rotatable bonds is 8. The van der Waals surface area contributed by atoms with Crippen molar-refractivity contribution in [2.45, 2.75) is 38.6 Å². The van der Waals surface area contributed by atoms with Crippen molar-refractivity contribution in [1.82, 2.24) is 10.3 Å². The molecular formula is C11H19N3O2S. The molecule has 1 aromatic heterocycles. The lowest BCUT2D eigenvalue weighted by atomic mass is 10.1. The van der Waals surface area contributed by atoms with Crippen molar-refractivity contribution < 1.29 is 4.79 Å². The van der Waals surface area contributed by atoms with Crippen molar-refractivity contribution in [3.63, 3.8) is 0 Å². The second kappa shape index (κ2) is 8.03. The van der Waals surface area contributed by atoms with Crippen LogP contribution in [-0.2, 0) is 11.3 Å². The van der Waals surface area contributed by atoms with E-state index in [0.29, 0.717) is 13.0 Å². The molecule has 0 radical (unpaired) electrons. The molecule has 1 heterocycles. The summed E-state index contributed by atoms with van der Waals surface area (Å²) in [5.41, 5.74) is 6.14. The van der Waals surface area contributed by atoms with Crippen LogP contribution in [0.1, 0.15) is 37.8 Å². The third-order valence-corrected chi connectivity index (χ3v) is 3.12. The SMILES string of the molecule is NCCCCCCC(=O)NCc1csc(=O)[nH]1. The molecule has 0 bridgehead atoms. The molecule has 0 atom stereocenters. The molecule has 0 saturated heterocycles. The van der Waals surface area contributed by atoms with Gasteiger partial charge in [-0.15, -0.1) is 0 Å². The van der Waals surface area contributed by atoms with Gasteiger partial charge in [-0.25, -0.2) is 0 Å². The van der Waals surface area contributed by atoms with E-state index in [2.05, 4.69) is 10.3 Å². The van der Waals surface area contributed by atoms with E-state index < -0.39 is 0 Å². The van der Waals surface area contributed by atoms with Crippen LogP contribution < -0.4 is 15.9 Å². The highest BCUT2D eigenvalue weighted by molar-refractivity contribution is 7.07. The zero-order valence-electron chi connectivity index (χ0n) is 9.83. The van der Waals surface area contributed by atoms with Gasteiger partial charge in [-0.3, -0.25) is 9.59 Å². The number of carbonyl (C=O) groups excluding carboxylic acids is 1. The normalized spacial score (nSPS) is 10.4. The molecule has 1 aromatic rings. The molecule has 1 rings (SSSR count). The minimum absolute atomic E-state index is 0.0322. The van der Waals surface area contributed by atoms with E-state index in [9.17, 15) is 9.59 Å². The van der Waals surface area contributed by atoms with Crippen LogP contribution in [0, 0.1) is 0 Å². The topological polar surface area (TPSA) is 88.0 Å². The molecule has 0 aliphatic carbocycles. The summed E-state index contributed by atoms with van der Waals surface area (Å²) in [6, 6.07) is 0. The van der Waals surface area contributed by atoms with Gasteiger partial charge in [0.2, 0.25) is 5.91 Å². The third kappa shape index (κ3) is 6.23. The van der Waals surface area contributed by atoms with E-state index in [1.807, 2.05) is 0 Å². The standard InChI is InChI=1S/C11H19N3O2S/c12-6-4-2-1-3-5-10(15)13-7-9-8-17-11(16)14-9/h8H,1-7,12H2,(H,13,15)(H,14,16). The highest BCUT2D eigenvalue weighted by atomic mass is 32.1. The van der Waals surface area contributed by atoms with Gasteiger partial charge in [0.15, 0.2) is 0 Å². The van der Waals surface area contributed by atoms with E-state index in [4.69, 9.17) is 5.73 Å². The molecule has 0 saturated carbocycles. The second-order valence-corrected chi connectivity index (χ2v) is 4.75. The summed E-state index contributed by atoms with van der Waals surface area (Å²) in [6.45, 7) is 1.12. The van der Waals surface area contributed by atoms with Crippen molar-refractivity contribution in [2.75, 3.05) is 6.54 Å². The number of aromatic amines is 1. The summed E-state index contributed by atoms with van der Waals surface area (Å²) in [6.07, 6.45) is 4.59. The summed E-state index contributed by atoms with van der Waals surface area (Å²) < 4.78 is 0. The lowest BCUT2D eigenvalue weighted by Gasteiger charge is -2.03. The first-order valence-corrected chi connectivity index (χ1v) is 6.74. The van der Waals surface area contributed by atoms with Gasteiger partial charge in [0.05, 0.1) is 6.54 Å². The van der Waals surface area contributed by atoms with E-state index in [0.717, 1.165) is 49.3 Å². The number of H-pyrrole nitrogens is 1. The van der Waals surface area contributed by atoms with Crippen molar-refractivity contribution in [3.8, 4) is 0 Å². The number of thiazole rings is 1. The molecule has 0 spiro atoms. The molecule has 1 amide bonds. The molecule has 5 nitrogen and oxygen atoms in total. The lowest BCUT2D eigenvalue weighted by Crippen LogP contribution is -2.22. The predicted molar refractivity (Wildman–Crippen MR) is 68.9 cm³/mol. The molecular weight excluding hydrogens is 238 g/mol. The molecule has 17 heavy (non-hydrogen) atoms. The Morgan fingerprint density at radius 1 is 1.35 bits per heavy atom. The van der Waals surface area contributed by atoms with Gasteiger partial charge in [-0.05, 0) is 19.4 Å². The van der Waals surface area contributed by atoms with Crippen LogP contribution in [-0.4, -0.2) is 17.4 Å². The summed E-state index contributed by atoms with van der Waals surface area (Å²) >= 11 is 1.11. The Labute approximate surface area is 104 Å². The second-order valence-electron chi connectivity index (χ2n) is 3.90. The summed E-state index contributed by atoms with van der Waals surface area (Å²) in [5, 5.41) is 4.50. The zero-order chi connectivity index (χ0) is 12.5. The number of hydrogen-bond donors (Lipinski definition) is 3. The van der Waals surface area contributed by atoms with Crippen LogP contribution in [0.25, 0.3) is 0 Å². The molecule has 0 unspecified atom stereocenters. The van der Waals surface area contributed by atoms with Crippen LogP contribution >= 0.6 is 11.3 Å². The zero-order valence-corrected chi connectivity index (χ0v) is 10.6. The van der Waals surface area contributed by atoms with Crippen LogP contribution in [0.15, 0.2) is 10.2 Å². The Hall–Kier alpha value is -1.14. The lowest BCUT2D eigenvalue weighted by molar-refractivity contribution is -0.121. The van der Waals surface area contributed by atoms with Gasteiger partial charge < -0.3 is 16.0 Å². The Morgan fingerprint density at radius 2 is 2.12 bits per heavy atom. The number of amides is 1. The minimum Gasteiger partial charge on any atom is -0.351 e. The first-order valence-electron chi connectivity index (χ1n) is 5.86. The Kier molecular flexibility index (Phi) is 6.57. The first kappa shape index (κ1) is 13.9. The van der Waals surface area contributed by atoms with E-state index >= 15 is 0 Å². The Bertz CT molecular complexity index is 386. The molecule has 0 aliphatic heterocycles. The summed E-state index contributed by atoms with van der Waals surface area (Å²) in [4.78, 5) is 24.8. The monoisotopic (exact) mass is 257 g/mol. The largest absolute Gasteiger partial charge is 0.351 e. The van der Waals surface area contributed by atoms with Gasteiger partial charge >= 0.3 is 4.87 Å². The Morgan fingerprint density at radius 3 is 2.76 bits per heavy atom. The number of unbranched alkanes of at least 4 members (excludes halogenated alkanes) is 3. The van der Waals surface area contributed by atoms with Gasteiger partial charge in [-0.2, -0.15) is 0 Å². The van der Waals surface area contributed by atoms with Gasteiger partial charge in [0.25, 0.3) is 0 Å². The fraction of sp³-hybridized carbons (Fsp3) is 0.636. The first-order chi connectivity index (χ1) is 8.22. The van der Waals surface area contributed by atoms with Crippen LogP contribution in [0.3, 0.4) is 0 Å². The molecule has 0 fully saturated rings. The highest BCUT2D eigenvalue weighted by Crippen LogP contribution is 2.02. The maximum absolute atomic E-state index is 11.4. The molecule has 96 valence electrons. The smallest absolute Gasteiger partial charge is 0.304 e. The number of nitrogens with one attached hydrogen (secondary N) is 2. The van der Waals surface area contributed by atoms with E-state index in [1.54, 1.807) is 5.38 Å². The van der Waals surface area contributed by atoms with Gasteiger partial charge in [-0.1, -0.05) is 24.2 Å². The summed E-state index contributed by atoms with van der Waals surface area (Å²) in [5.74, 6) is 0.0322. The number of aromatic nitrogens is 1. The molecule has 6 heteroatoms. The summed E-state index contributed by atoms with van der Waals surface area (Å²) in [7, 11) is 0. The minimum atomic E-state index is -0.0870. The highest BCUT2D eigenvalue weighted by Gasteiger charge is 2.02. The van der Waals surface area contributed by atoms with Crippen molar-refractivity contribution in [1.29, 1.82) is 0 Å². The average molecular weight is 257 g/mol. The quantitative estimate of drug-likeness (QED) is 0.606. The maximum Gasteiger partial charge on any atom is 0.304 e. The average Bonchev–Trinajstić information content (AvgIpc) is 2.72. The van der Waals surface area contributed by atoms with Crippen LogP contribution in [0.4, 0.5) is 0 Å². The van der Waals surface area contributed by atoms with Crippen molar-refractivity contribution in [2.24, 2.45) is 5.73 Å². The van der Waals surface area contributed by atoms with Gasteiger partial charge in [0.1, 0.15) is 0 Å².